The molecule has 1 saturated heterocycles. The molecule has 0 radical (unpaired) electrons. The first-order chi connectivity index (χ1) is 6.71. The molecule has 14 heavy (non-hydrogen) atoms. The molecule has 1 fully saturated rings. The minimum atomic E-state index is 0.178. The highest BCUT2D eigenvalue weighted by molar-refractivity contribution is 7.18. The molecule has 1 heterocycles. The van der Waals surface area contributed by atoms with Crippen LogP contribution in [0.3, 0.4) is 0 Å². The van der Waals surface area contributed by atoms with Gasteiger partial charge in [0.15, 0.2) is 0 Å². The molecule has 2 unspecified atom stereocenters. The number of hydrogen-bond acceptors (Lipinski definition) is 1. The Kier molecular flexibility index (Phi) is 2.90. The van der Waals surface area contributed by atoms with Crippen molar-refractivity contribution in [3.8, 4) is 0 Å². The van der Waals surface area contributed by atoms with Gasteiger partial charge in [-0.25, -0.2) is 0 Å². The SMILES string of the molecule is CC(P)(c1ccccc1)[C@@H]1CCCN1. The van der Waals surface area contributed by atoms with Gasteiger partial charge in [0.2, 0.25) is 0 Å². The summed E-state index contributed by atoms with van der Waals surface area (Å²) in [6.07, 6.45) is 2.59. The summed E-state index contributed by atoms with van der Waals surface area (Å²) in [4.78, 5) is 0. The first-order valence-electron chi connectivity index (χ1n) is 5.29. The van der Waals surface area contributed by atoms with E-state index in [9.17, 15) is 0 Å². The van der Waals surface area contributed by atoms with Crippen molar-refractivity contribution < 1.29 is 0 Å². The van der Waals surface area contributed by atoms with Crippen LogP contribution >= 0.6 is 9.24 Å². The van der Waals surface area contributed by atoms with E-state index in [1.165, 1.54) is 24.9 Å². The van der Waals surface area contributed by atoms with Gasteiger partial charge in [-0.15, -0.1) is 9.24 Å². The Labute approximate surface area is 88.5 Å². The fraction of sp³-hybridized carbons (Fsp3) is 0.500. The predicted octanol–water partition coefficient (Wildman–Crippen LogP) is 2.53. The summed E-state index contributed by atoms with van der Waals surface area (Å²) in [7, 11) is 3.01. The Balaban J connectivity index is 2.22. The maximum atomic E-state index is 3.57. The zero-order valence-electron chi connectivity index (χ0n) is 8.66. The van der Waals surface area contributed by atoms with E-state index in [0.717, 1.165) is 0 Å². The van der Waals surface area contributed by atoms with E-state index in [1.807, 2.05) is 0 Å². The molecule has 2 rings (SSSR count). The van der Waals surface area contributed by atoms with Gasteiger partial charge in [-0.2, -0.15) is 0 Å². The van der Waals surface area contributed by atoms with Crippen LogP contribution in [-0.2, 0) is 5.16 Å². The normalized spacial score (nSPS) is 26.0. The summed E-state index contributed by atoms with van der Waals surface area (Å²) < 4.78 is 0. The Morgan fingerprint density at radius 1 is 1.36 bits per heavy atom. The van der Waals surface area contributed by atoms with Crippen molar-refractivity contribution in [2.75, 3.05) is 6.54 Å². The molecule has 1 aromatic carbocycles. The quantitative estimate of drug-likeness (QED) is 0.735. The third-order valence-electron chi connectivity index (χ3n) is 3.18. The van der Waals surface area contributed by atoms with Crippen LogP contribution in [0.15, 0.2) is 30.3 Å². The molecule has 1 N–H and O–H groups in total. The highest BCUT2D eigenvalue weighted by Gasteiger charge is 2.32. The summed E-state index contributed by atoms with van der Waals surface area (Å²) in [6, 6.07) is 11.3. The molecule has 0 spiro atoms. The lowest BCUT2D eigenvalue weighted by Crippen LogP contribution is -2.38. The van der Waals surface area contributed by atoms with Crippen molar-refractivity contribution >= 4 is 9.24 Å². The smallest absolute Gasteiger partial charge is 0.0222 e. The predicted molar refractivity (Wildman–Crippen MR) is 64.5 cm³/mol. The van der Waals surface area contributed by atoms with E-state index in [4.69, 9.17) is 0 Å². The summed E-state index contributed by atoms with van der Waals surface area (Å²) >= 11 is 0. The van der Waals surface area contributed by atoms with E-state index in [1.54, 1.807) is 0 Å². The minimum Gasteiger partial charge on any atom is -0.313 e. The van der Waals surface area contributed by atoms with E-state index in [-0.39, 0.29) is 5.16 Å². The first-order valence-corrected chi connectivity index (χ1v) is 5.87. The van der Waals surface area contributed by atoms with Crippen LogP contribution in [0.4, 0.5) is 0 Å². The molecule has 1 aliphatic heterocycles. The Bertz CT molecular complexity index is 288. The lowest BCUT2D eigenvalue weighted by Gasteiger charge is -2.32. The summed E-state index contributed by atoms with van der Waals surface area (Å²) in [5.41, 5.74) is 1.41. The Morgan fingerprint density at radius 2 is 2.07 bits per heavy atom. The molecule has 76 valence electrons. The van der Waals surface area contributed by atoms with Crippen LogP contribution in [0.1, 0.15) is 25.3 Å². The first kappa shape index (κ1) is 10.1. The number of nitrogens with one attached hydrogen (secondary N) is 1. The average Bonchev–Trinajstić information content (AvgIpc) is 2.72. The molecule has 0 amide bonds. The molecule has 1 aromatic rings. The van der Waals surface area contributed by atoms with Gasteiger partial charge in [-0.05, 0) is 24.9 Å². The maximum Gasteiger partial charge on any atom is 0.0222 e. The minimum absolute atomic E-state index is 0.178. The fourth-order valence-electron chi connectivity index (χ4n) is 2.19. The molecule has 1 nitrogen and oxygen atoms in total. The lowest BCUT2D eigenvalue weighted by atomic mass is 9.91. The van der Waals surface area contributed by atoms with Crippen LogP contribution in [0.2, 0.25) is 0 Å². The maximum absolute atomic E-state index is 3.57. The van der Waals surface area contributed by atoms with Crippen molar-refractivity contribution in [2.24, 2.45) is 0 Å². The molecule has 0 bridgehead atoms. The highest BCUT2D eigenvalue weighted by Crippen LogP contribution is 2.37. The van der Waals surface area contributed by atoms with Crippen molar-refractivity contribution in [1.82, 2.24) is 5.32 Å². The van der Waals surface area contributed by atoms with E-state index < -0.39 is 0 Å². The van der Waals surface area contributed by atoms with Crippen molar-refractivity contribution in [1.29, 1.82) is 0 Å². The van der Waals surface area contributed by atoms with E-state index in [2.05, 4.69) is 51.8 Å². The van der Waals surface area contributed by atoms with Crippen LogP contribution in [0.5, 0.6) is 0 Å². The zero-order valence-corrected chi connectivity index (χ0v) is 9.82. The fourth-order valence-corrected chi connectivity index (χ4v) is 2.67. The van der Waals surface area contributed by atoms with Crippen LogP contribution in [0.25, 0.3) is 0 Å². The zero-order chi connectivity index (χ0) is 10.0. The molecule has 0 aliphatic carbocycles. The molecular formula is C12H18NP. The average molecular weight is 207 g/mol. The number of rotatable bonds is 2. The summed E-state index contributed by atoms with van der Waals surface area (Å²) in [6.45, 7) is 3.47. The summed E-state index contributed by atoms with van der Waals surface area (Å²) in [5, 5.41) is 3.75. The Morgan fingerprint density at radius 3 is 2.64 bits per heavy atom. The highest BCUT2D eigenvalue weighted by atomic mass is 31.0. The second kappa shape index (κ2) is 4.00. The third kappa shape index (κ3) is 1.85. The second-order valence-electron chi connectivity index (χ2n) is 4.30. The molecule has 2 heteroatoms. The number of hydrogen-bond donors (Lipinski definition) is 1. The van der Waals surface area contributed by atoms with E-state index in [0.29, 0.717) is 6.04 Å². The second-order valence-corrected chi connectivity index (χ2v) is 5.50. The van der Waals surface area contributed by atoms with Crippen LogP contribution < -0.4 is 5.32 Å². The van der Waals surface area contributed by atoms with Gasteiger partial charge in [-0.3, -0.25) is 0 Å². The topological polar surface area (TPSA) is 12.0 Å². The van der Waals surface area contributed by atoms with Crippen molar-refractivity contribution in [3.63, 3.8) is 0 Å². The lowest BCUT2D eigenvalue weighted by molar-refractivity contribution is 0.476. The molecular weight excluding hydrogens is 189 g/mol. The molecule has 0 saturated carbocycles. The summed E-state index contributed by atoms with van der Waals surface area (Å²) in [5.74, 6) is 0. The number of benzene rings is 1. The standard InChI is InChI=1S/C12H18NP/c1-12(14,11-8-5-9-13-11)10-6-3-2-4-7-10/h2-4,6-7,11,13H,5,8-9,14H2,1H3/t11-,12?/m0/s1. The van der Waals surface area contributed by atoms with Gasteiger partial charge in [0.1, 0.15) is 0 Å². The largest absolute Gasteiger partial charge is 0.313 e. The molecule has 0 aromatic heterocycles. The van der Waals surface area contributed by atoms with Gasteiger partial charge in [0.05, 0.1) is 0 Å². The van der Waals surface area contributed by atoms with Gasteiger partial charge in [0.25, 0.3) is 0 Å². The van der Waals surface area contributed by atoms with Gasteiger partial charge < -0.3 is 5.32 Å². The van der Waals surface area contributed by atoms with Gasteiger partial charge in [0, 0.05) is 11.2 Å². The van der Waals surface area contributed by atoms with Crippen LogP contribution in [-0.4, -0.2) is 12.6 Å². The van der Waals surface area contributed by atoms with Crippen molar-refractivity contribution in [2.45, 2.75) is 31.0 Å². The van der Waals surface area contributed by atoms with Crippen molar-refractivity contribution in [3.05, 3.63) is 35.9 Å². The molecule has 3 atom stereocenters. The third-order valence-corrected chi connectivity index (χ3v) is 3.92. The van der Waals surface area contributed by atoms with Gasteiger partial charge >= 0.3 is 0 Å². The monoisotopic (exact) mass is 207 g/mol. The van der Waals surface area contributed by atoms with E-state index >= 15 is 0 Å². The molecule has 1 aliphatic rings. The Hall–Kier alpha value is -0.390. The van der Waals surface area contributed by atoms with Gasteiger partial charge in [-0.1, -0.05) is 37.3 Å². The van der Waals surface area contributed by atoms with Crippen LogP contribution in [0, 0.1) is 0 Å².